The molecule has 0 saturated carbocycles. The lowest BCUT2D eigenvalue weighted by atomic mass is 9.80. The van der Waals surface area contributed by atoms with Gasteiger partial charge in [0.2, 0.25) is 5.78 Å². The lowest BCUT2D eigenvalue weighted by Gasteiger charge is -2.38. The summed E-state index contributed by atoms with van der Waals surface area (Å²) in [7, 11) is 6.95. The molecule has 1 unspecified atom stereocenters. The van der Waals surface area contributed by atoms with Gasteiger partial charge in [0.1, 0.15) is 0 Å². The van der Waals surface area contributed by atoms with E-state index in [1.807, 2.05) is 144 Å². The molecular weight excluding hydrogens is 725 g/mol. The van der Waals surface area contributed by atoms with Crippen molar-refractivity contribution in [1.29, 1.82) is 0 Å². The predicted molar refractivity (Wildman–Crippen MR) is 234 cm³/mol. The predicted octanol–water partition coefficient (Wildman–Crippen LogP) is 9.59. The van der Waals surface area contributed by atoms with Crippen LogP contribution in [0, 0.1) is 5.41 Å². The molecule has 8 nitrogen and oxygen atoms in total. The largest absolute Gasteiger partial charge is 0.378 e. The number of rotatable bonds is 13. The van der Waals surface area contributed by atoms with E-state index >= 15 is 0 Å². The molecular formula is C50H60N2O6. The summed E-state index contributed by atoms with van der Waals surface area (Å²) in [6, 6.07) is 46.0. The topological polar surface area (TPSA) is 85.4 Å². The van der Waals surface area contributed by atoms with E-state index < -0.39 is 11.3 Å². The molecule has 1 atom stereocenters. The highest BCUT2D eigenvalue weighted by Crippen LogP contribution is 2.31. The van der Waals surface area contributed by atoms with Crippen molar-refractivity contribution in [2.45, 2.75) is 51.9 Å². The number of hydrogen-bond acceptors (Lipinski definition) is 8. The number of Topliss-reactive ketones (excluding diaryl/α,β-unsaturated/α-hetero) is 3. The molecule has 0 radical (unpaired) electrons. The van der Waals surface area contributed by atoms with Gasteiger partial charge in [-0.05, 0) is 56.8 Å². The summed E-state index contributed by atoms with van der Waals surface area (Å²) in [5.74, 6) is -1.23. The van der Waals surface area contributed by atoms with Gasteiger partial charge < -0.3 is 19.1 Å². The molecule has 306 valence electrons. The Kier molecular flexibility index (Phi) is 16.8. The minimum absolute atomic E-state index is 0.187. The molecule has 0 aromatic heterocycles. The molecule has 8 heteroatoms. The van der Waals surface area contributed by atoms with Gasteiger partial charge in [0, 0.05) is 60.7 Å². The summed E-state index contributed by atoms with van der Waals surface area (Å²) in [6.07, 6.45) is 1.47. The van der Waals surface area contributed by atoms with Crippen molar-refractivity contribution in [2.75, 3.05) is 59.5 Å². The van der Waals surface area contributed by atoms with Crippen molar-refractivity contribution in [3.05, 3.63) is 173 Å². The van der Waals surface area contributed by atoms with Gasteiger partial charge in [-0.1, -0.05) is 149 Å². The number of nitrogens with zero attached hydrogens (tertiary/aromatic N) is 2. The van der Waals surface area contributed by atoms with Crippen LogP contribution in [0.25, 0.3) is 0 Å². The molecule has 5 aromatic carbocycles. The van der Waals surface area contributed by atoms with Gasteiger partial charge in [-0.3, -0.25) is 19.3 Å². The van der Waals surface area contributed by atoms with Crippen LogP contribution in [0.1, 0.15) is 76.3 Å². The lowest BCUT2D eigenvalue weighted by molar-refractivity contribution is -0.176. The number of likely N-dealkylation sites (N-methyl/N-ethyl adjacent to an activating group) is 1. The number of carbonyl (C=O) groups is 3. The minimum Gasteiger partial charge on any atom is -0.378 e. The van der Waals surface area contributed by atoms with Gasteiger partial charge in [-0.25, -0.2) is 0 Å². The summed E-state index contributed by atoms with van der Waals surface area (Å²) < 4.78 is 16.3. The van der Waals surface area contributed by atoms with Gasteiger partial charge >= 0.3 is 0 Å². The Morgan fingerprint density at radius 2 is 1.03 bits per heavy atom. The summed E-state index contributed by atoms with van der Waals surface area (Å²) in [4.78, 5) is 42.3. The minimum atomic E-state index is -1.40. The van der Waals surface area contributed by atoms with Crippen molar-refractivity contribution in [1.82, 2.24) is 4.90 Å². The number of methoxy groups -OCH3 is 2. The van der Waals surface area contributed by atoms with Crippen molar-refractivity contribution in [3.63, 3.8) is 0 Å². The van der Waals surface area contributed by atoms with E-state index in [9.17, 15) is 14.4 Å². The summed E-state index contributed by atoms with van der Waals surface area (Å²) in [5, 5.41) is 0. The van der Waals surface area contributed by atoms with Crippen LogP contribution in [0.4, 0.5) is 5.69 Å². The molecule has 1 heterocycles. The van der Waals surface area contributed by atoms with Gasteiger partial charge in [0.15, 0.2) is 11.6 Å². The van der Waals surface area contributed by atoms with E-state index in [0.29, 0.717) is 17.5 Å². The van der Waals surface area contributed by atoms with Crippen LogP contribution in [0.2, 0.25) is 0 Å². The van der Waals surface area contributed by atoms with Crippen LogP contribution in [-0.2, 0) is 26.4 Å². The summed E-state index contributed by atoms with van der Waals surface area (Å²) in [6.45, 7) is 11.2. The third-order valence-electron chi connectivity index (χ3n) is 10.5. The number of anilines is 1. The molecule has 1 saturated heterocycles. The Balaban J connectivity index is 0.000000209. The fraction of sp³-hybridized carbons (Fsp3) is 0.340. The molecule has 0 aliphatic carbocycles. The Hall–Kier alpha value is -5.25. The SMILES string of the molecule is CC(C)(C)C(=O)c1ccccc1.CCC(Cc1ccccc1)(C(=O)c1ccc(N2CCOCC2)cc1)N(C)C.COC(OC)(C(=O)c1ccccc1)c1ccccc1. The number of ether oxygens (including phenoxy) is 3. The number of hydrogen-bond donors (Lipinski definition) is 0. The average molecular weight is 785 g/mol. The van der Waals surface area contributed by atoms with Crippen molar-refractivity contribution in [2.24, 2.45) is 5.41 Å². The van der Waals surface area contributed by atoms with Gasteiger partial charge in [-0.15, -0.1) is 0 Å². The van der Waals surface area contributed by atoms with Crippen LogP contribution in [0.15, 0.2) is 146 Å². The monoisotopic (exact) mass is 784 g/mol. The van der Waals surface area contributed by atoms with Gasteiger partial charge in [0.25, 0.3) is 5.79 Å². The third kappa shape index (κ3) is 11.4. The molecule has 0 spiro atoms. The zero-order valence-electron chi connectivity index (χ0n) is 35.4. The molecule has 0 amide bonds. The molecule has 58 heavy (non-hydrogen) atoms. The smallest absolute Gasteiger partial charge is 0.260 e. The quantitative estimate of drug-likeness (QED) is 0.0863. The van der Waals surface area contributed by atoms with E-state index in [0.717, 1.165) is 49.5 Å². The maximum Gasteiger partial charge on any atom is 0.260 e. The lowest BCUT2D eigenvalue weighted by Crippen LogP contribution is -2.52. The second-order valence-electron chi connectivity index (χ2n) is 15.4. The van der Waals surface area contributed by atoms with E-state index in [2.05, 4.69) is 41.0 Å². The van der Waals surface area contributed by atoms with E-state index in [4.69, 9.17) is 14.2 Å². The molecule has 0 N–H and O–H groups in total. The van der Waals surface area contributed by atoms with E-state index in [-0.39, 0.29) is 22.8 Å². The van der Waals surface area contributed by atoms with E-state index in [1.165, 1.54) is 19.8 Å². The first-order valence-corrected chi connectivity index (χ1v) is 19.9. The number of ketones is 3. The highest BCUT2D eigenvalue weighted by molar-refractivity contribution is 6.04. The highest BCUT2D eigenvalue weighted by Gasteiger charge is 2.42. The van der Waals surface area contributed by atoms with Crippen LogP contribution < -0.4 is 4.90 Å². The van der Waals surface area contributed by atoms with Crippen molar-refractivity contribution >= 4 is 23.0 Å². The molecule has 1 fully saturated rings. The normalized spacial score (nSPS) is 13.9. The average Bonchev–Trinajstić information content (AvgIpc) is 3.27. The highest BCUT2D eigenvalue weighted by atomic mass is 16.7. The fourth-order valence-corrected chi connectivity index (χ4v) is 6.99. The third-order valence-corrected chi connectivity index (χ3v) is 10.5. The van der Waals surface area contributed by atoms with Crippen molar-refractivity contribution in [3.8, 4) is 0 Å². The molecule has 1 aliphatic heterocycles. The Morgan fingerprint density at radius 1 is 0.603 bits per heavy atom. The second-order valence-corrected chi connectivity index (χ2v) is 15.4. The Labute approximate surface area is 345 Å². The van der Waals surface area contributed by atoms with Crippen LogP contribution in [0.3, 0.4) is 0 Å². The maximum atomic E-state index is 13.6. The first-order chi connectivity index (χ1) is 27.8. The van der Waals surface area contributed by atoms with Crippen LogP contribution in [0.5, 0.6) is 0 Å². The zero-order valence-corrected chi connectivity index (χ0v) is 35.4. The number of carbonyl (C=O) groups excluding carboxylic acids is 3. The maximum absolute atomic E-state index is 13.6. The number of morpholine rings is 1. The van der Waals surface area contributed by atoms with Gasteiger partial charge in [-0.2, -0.15) is 0 Å². The number of benzene rings is 5. The standard InChI is InChI=1S/C23H30N2O2.C16H16O3.C11H14O/c1-4-23(24(2)3,18-19-8-6-5-7-9-19)22(26)20-10-12-21(13-11-20)25-14-16-27-17-15-25;1-18-16(19-2,14-11-7-4-8-12-14)15(17)13-9-5-3-6-10-13;1-11(2,3)10(12)9-7-5-4-6-8-9/h5-13H,4,14-18H2,1-3H3;3-12H,1-2H3;4-8H,1-3H3. The van der Waals surface area contributed by atoms with Crippen molar-refractivity contribution < 1.29 is 28.6 Å². The van der Waals surface area contributed by atoms with Gasteiger partial charge in [0.05, 0.1) is 18.8 Å². The molecule has 6 rings (SSSR count). The summed E-state index contributed by atoms with van der Waals surface area (Å²) in [5.41, 5.74) is 4.33. The zero-order chi connectivity index (χ0) is 42.2. The molecule has 0 bridgehead atoms. The van der Waals surface area contributed by atoms with E-state index in [1.54, 1.807) is 12.1 Å². The Bertz CT molecular complexity index is 1990. The summed E-state index contributed by atoms with van der Waals surface area (Å²) >= 11 is 0. The van der Waals surface area contributed by atoms with Crippen LogP contribution >= 0.6 is 0 Å². The Morgan fingerprint density at radius 3 is 1.47 bits per heavy atom. The first-order valence-electron chi connectivity index (χ1n) is 19.9. The molecule has 5 aromatic rings. The fourth-order valence-electron chi connectivity index (χ4n) is 6.99. The molecule has 1 aliphatic rings. The second kappa shape index (κ2) is 21.5. The van der Waals surface area contributed by atoms with Crippen LogP contribution in [-0.4, -0.2) is 82.4 Å². The first kappa shape index (κ1) is 45.5.